The fourth-order valence-corrected chi connectivity index (χ4v) is 4.86. The highest BCUT2D eigenvalue weighted by Gasteiger charge is 2.49. The normalized spacial score (nSPS) is 21.2. The standard InChI is InChI=1S/C16H19ClN2O4S/c1-12(2)18(14-7-5-4-6-8-14)24(22,23)16(17)10-9-13(3)15(11-16)19(20)21/h4-10,12H,11H2,1-3H3. The summed E-state index contributed by atoms with van der Waals surface area (Å²) in [7, 11) is -4.09. The van der Waals surface area contributed by atoms with Crippen molar-refractivity contribution >= 4 is 27.3 Å². The van der Waals surface area contributed by atoms with Gasteiger partial charge in [-0.2, -0.15) is 0 Å². The summed E-state index contributed by atoms with van der Waals surface area (Å²) < 4.78 is 25.8. The second-order valence-electron chi connectivity index (χ2n) is 5.91. The first-order chi connectivity index (χ1) is 11.1. The Morgan fingerprint density at radius 1 is 1.29 bits per heavy atom. The zero-order valence-corrected chi connectivity index (χ0v) is 15.2. The molecule has 0 spiro atoms. The first-order valence-electron chi connectivity index (χ1n) is 7.41. The van der Waals surface area contributed by atoms with E-state index >= 15 is 0 Å². The molecule has 130 valence electrons. The van der Waals surface area contributed by atoms with E-state index in [1.54, 1.807) is 51.1 Å². The molecule has 1 atom stereocenters. The first-order valence-corrected chi connectivity index (χ1v) is 9.23. The fraction of sp³-hybridized carbons (Fsp3) is 0.375. The van der Waals surface area contributed by atoms with Gasteiger partial charge in [0, 0.05) is 11.6 Å². The van der Waals surface area contributed by atoms with Crippen molar-refractivity contribution in [1.82, 2.24) is 0 Å². The first kappa shape index (κ1) is 18.5. The lowest BCUT2D eigenvalue weighted by molar-refractivity contribution is -0.429. The number of hydrogen-bond acceptors (Lipinski definition) is 4. The van der Waals surface area contributed by atoms with Crippen LogP contribution in [0.25, 0.3) is 0 Å². The van der Waals surface area contributed by atoms with Crippen molar-refractivity contribution in [2.75, 3.05) is 4.31 Å². The van der Waals surface area contributed by atoms with Crippen LogP contribution in [0.15, 0.2) is 53.8 Å². The lowest BCUT2D eigenvalue weighted by Crippen LogP contribution is -2.48. The predicted molar refractivity (Wildman–Crippen MR) is 95.0 cm³/mol. The zero-order valence-electron chi connectivity index (χ0n) is 13.6. The number of allylic oxidation sites excluding steroid dienone is 3. The molecular weight excluding hydrogens is 352 g/mol. The fourth-order valence-electron chi connectivity index (χ4n) is 2.61. The number of halogens is 1. The smallest absolute Gasteiger partial charge is 0.259 e. The van der Waals surface area contributed by atoms with Gasteiger partial charge in [-0.15, -0.1) is 0 Å². The SMILES string of the molecule is CC1=C([N+](=O)[O-])CC(Cl)(S(=O)(=O)N(c2ccccc2)C(C)C)C=C1. The lowest BCUT2D eigenvalue weighted by Gasteiger charge is -2.35. The molecule has 1 aromatic carbocycles. The molecule has 6 nitrogen and oxygen atoms in total. The maximum Gasteiger partial charge on any atom is 0.259 e. The summed E-state index contributed by atoms with van der Waals surface area (Å²) in [5, 5.41) is 11.2. The third-order valence-corrected chi connectivity index (χ3v) is 6.97. The highest BCUT2D eigenvalue weighted by molar-refractivity contribution is 7.95. The molecule has 0 heterocycles. The minimum atomic E-state index is -4.09. The van der Waals surface area contributed by atoms with Gasteiger partial charge in [0.1, 0.15) is 0 Å². The van der Waals surface area contributed by atoms with E-state index in [9.17, 15) is 18.5 Å². The van der Waals surface area contributed by atoms with E-state index in [2.05, 4.69) is 0 Å². The molecule has 0 aliphatic heterocycles. The van der Waals surface area contributed by atoms with Crippen molar-refractivity contribution in [3.8, 4) is 0 Å². The average molecular weight is 371 g/mol. The summed E-state index contributed by atoms with van der Waals surface area (Å²) in [6.07, 6.45) is 2.34. The van der Waals surface area contributed by atoms with Crippen molar-refractivity contribution in [3.05, 3.63) is 63.9 Å². The summed E-state index contributed by atoms with van der Waals surface area (Å²) in [6.45, 7) is 5.02. The molecule has 1 aromatic rings. The molecule has 0 bridgehead atoms. The third-order valence-electron chi connectivity index (χ3n) is 3.83. The maximum absolute atomic E-state index is 13.2. The number of sulfonamides is 1. The minimum absolute atomic E-state index is 0.187. The molecule has 0 N–H and O–H groups in total. The van der Waals surface area contributed by atoms with Crippen LogP contribution in [0.5, 0.6) is 0 Å². The monoisotopic (exact) mass is 370 g/mol. The number of benzene rings is 1. The van der Waals surface area contributed by atoms with E-state index in [0.717, 1.165) is 0 Å². The van der Waals surface area contributed by atoms with Gasteiger partial charge in [0.15, 0.2) is 4.21 Å². The van der Waals surface area contributed by atoms with Gasteiger partial charge in [-0.25, -0.2) is 8.42 Å². The quantitative estimate of drug-likeness (QED) is 0.450. The zero-order chi connectivity index (χ0) is 18.1. The Labute approximate surface area is 146 Å². The van der Waals surface area contributed by atoms with Gasteiger partial charge in [-0.1, -0.05) is 35.9 Å². The Bertz CT molecular complexity index is 803. The number of nitro groups is 1. The molecule has 0 amide bonds. The number of rotatable bonds is 5. The van der Waals surface area contributed by atoms with Crippen LogP contribution in [0.2, 0.25) is 0 Å². The van der Waals surface area contributed by atoms with Crippen molar-refractivity contribution < 1.29 is 13.3 Å². The van der Waals surface area contributed by atoms with Crippen LogP contribution in [-0.2, 0) is 10.0 Å². The number of alkyl halides is 1. The van der Waals surface area contributed by atoms with E-state index in [0.29, 0.717) is 11.3 Å². The van der Waals surface area contributed by atoms with Crippen LogP contribution in [0.1, 0.15) is 27.2 Å². The Kier molecular flexibility index (Phi) is 5.05. The Morgan fingerprint density at radius 2 is 1.88 bits per heavy atom. The van der Waals surface area contributed by atoms with Crippen molar-refractivity contribution in [2.45, 2.75) is 37.4 Å². The number of anilines is 1. The maximum atomic E-state index is 13.2. The van der Waals surface area contributed by atoms with E-state index in [-0.39, 0.29) is 12.1 Å². The van der Waals surface area contributed by atoms with Crippen molar-refractivity contribution in [1.29, 1.82) is 0 Å². The molecular formula is C16H19ClN2O4S. The van der Waals surface area contributed by atoms with Gasteiger partial charge in [0.05, 0.1) is 17.0 Å². The Balaban J connectivity index is 2.53. The van der Waals surface area contributed by atoms with Crippen LogP contribution in [0.3, 0.4) is 0 Å². The molecule has 0 saturated heterocycles. The van der Waals surface area contributed by atoms with Crippen LogP contribution in [-0.4, -0.2) is 23.6 Å². The number of hydrogen-bond donors (Lipinski definition) is 0. The van der Waals surface area contributed by atoms with Gasteiger partial charge in [0.2, 0.25) is 0 Å². The topological polar surface area (TPSA) is 80.5 Å². The van der Waals surface area contributed by atoms with Gasteiger partial charge < -0.3 is 0 Å². The molecule has 2 rings (SSSR count). The van der Waals surface area contributed by atoms with Gasteiger partial charge in [-0.05, 0) is 39.0 Å². The van der Waals surface area contributed by atoms with Crippen LogP contribution in [0.4, 0.5) is 5.69 Å². The summed E-state index contributed by atoms with van der Waals surface area (Å²) in [5.41, 5.74) is 0.685. The minimum Gasteiger partial charge on any atom is -0.266 e. The molecule has 8 heteroatoms. The van der Waals surface area contributed by atoms with Crippen molar-refractivity contribution in [3.63, 3.8) is 0 Å². The Hall–Kier alpha value is -1.86. The summed E-state index contributed by atoms with van der Waals surface area (Å²) in [4.78, 5) is 10.6. The van der Waals surface area contributed by atoms with E-state index in [1.807, 2.05) is 0 Å². The second kappa shape index (κ2) is 6.57. The second-order valence-corrected chi connectivity index (χ2v) is 8.88. The van der Waals surface area contributed by atoms with Crippen LogP contribution < -0.4 is 4.31 Å². The molecule has 1 aliphatic carbocycles. The molecule has 1 aliphatic rings. The molecule has 1 unspecified atom stereocenters. The Morgan fingerprint density at radius 3 is 2.38 bits per heavy atom. The van der Waals surface area contributed by atoms with Gasteiger partial charge in [-0.3, -0.25) is 14.4 Å². The van der Waals surface area contributed by atoms with Gasteiger partial charge in [0.25, 0.3) is 15.7 Å². The van der Waals surface area contributed by atoms with Crippen LogP contribution >= 0.6 is 11.6 Å². The lowest BCUT2D eigenvalue weighted by atomic mass is 10.0. The van der Waals surface area contributed by atoms with Gasteiger partial charge >= 0.3 is 0 Å². The van der Waals surface area contributed by atoms with E-state index in [4.69, 9.17) is 11.6 Å². The van der Waals surface area contributed by atoms with E-state index in [1.165, 1.54) is 16.5 Å². The molecule has 24 heavy (non-hydrogen) atoms. The predicted octanol–water partition coefficient (Wildman–Crippen LogP) is 3.68. The summed E-state index contributed by atoms with van der Waals surface area (Å²) in [6, 6.07) is 8.17. The third kappa shape index (κ3) is 3.18. The van der Waals surface area contributed by atoms with Crippen LogP contribution in [0, 0.1) is 10.1 Å². The van der Waals surface area contributed by atoms with Crippen molar-refractivity contribution in [2.24, 2.45) is 0 Å². The summed E-state index contributed by atoms with van der Waals surface area (Å²) >= 11 is 6.40. The number of nitrogens with zero attached hydrogens (tertiary/aromatic N) is 2. The number of para-hydroxylation sites is 1. The largest absolute Gasteiger partial charge is 0.266 e. The molecule has 0 radical (unpaired) electrons. The molecule has 0 saturated carbocycles. The highest BCUT2D eigenvalue weighted by Crippen LogP contribution is 2.41. The highest BCUT2D eigenvalue weighted by atomic mass is 35.5. The molecule has 0 fully saturated rings. The summed E-state index contributed by atoms with van der Waals surface area (Å²) in [5.74, 6) is 0. The molecule has 0 aromatic heterocycles. The average Bonchev–Trinajstić information content (AvgIpc) is 2.50. The van der Waals surface area contributed by atoms with E-state index < -0.39 is 25.2 Å².